The summed E-state index contributed by atoms with van der Waals surface area (Å²) in [5.74, 6) is -0.429. The van der Waals surface area contributed by atoms with E-state index in [1.54, 1.807) is 0 Å². The van der Waals surface area contributed by atoms with Crippen LogP contribution in [0.4, 0.5) is 0 Å². The van der Waals surface area contributed by atoms with Gasteiger partial charge in [0.05, 0.1) is 6.07 Å². The van der Waals surface area contributed by atoms with Crippen molar-refractivity contribution in [3.63, 3.8) is 0 Å². The first-order valence-electron chi connectivity index (χ1n) is 4.89. The average Bonchev–Trinajstić information content (AvgIpc) is 2.86. The van der Waals surface area contributed by atoms with Gasteiger partial charge in [-0.25, -0.2) is 0 Å². The van der Waals surface area contributed by atoms with Gasteiger partial charge in [0.2, 0.25) is 0 Å². The number of nitrogens with zero attached hydrogens (tertiary/aromatic N) is 1. The summed E-state index contributed by atoms with van der Waals surface area (Å²) in [4.78, 5) is 9.96. The van der Waals surface area contributed by atoms with Gasteiger partial charge in [0.15, 0.2) is 10.5 Å². The SMILES string of the molecule is CC(=O)OC1(c2ccccc2)CC1(Cl)C#N. The van der Waals surface area contributed by atoms with Crippen LogP contribution in [0.2, 0.25) is 0 Å². The average molecular weight is 236 g/mol. The van der Waals surface area contributed by atoms with Crippen LogP contribution < -0.4 is 0 Å². The van der Waals surface area contributed by atoms with Crippen LogP contribution in [0.1, 0.15) is 18.9 Å². The van der Waals surface area contributed by atoms with E-state index < -0.39 is 16.4 Å². The zero-order valence-corrected chi connectivity index (χ0v) is 9.49. The van der Waals surface area contributed by atoms with Gasteiger partial charge in [-0.05, 0) is 5.56 Å². The van der Waals surface area contributed by atoms with Gasteiger partial charge in [-0.3, -0.25) is 4.79 Å². The summed E-state index contributed by atoms with van der Waals surface area (Å²) in [6.07, 6.45) is 0.335. The molecule has 0 bridgehead atoms. The Bertz CT molecular complexity index is 468. The van der Waals surface area contributed by atoms with Crippen molar-refractivity contribution in [2.45, 2.75) is 23.8 Å². The monoisotopic (exact) mass is 235 g/mol. The van der Waals surface area contributed by atoms with Crippen LogP contribution in [0.15, 0.2) is 30.3 Å². The van der Waals surface area contributed by atoms with E-state index in [1.165, 1.54) is 6.92 Å². The molecule has 0 aliphatic heterocycles. The fraction of sp³-hybridized carbons (Fsp3) is 0.333. The number of hydrogen-bond acceptors (Lipinski definition) is 3. The third-order valence-electron chi connectivity index (χ3n) is 2.74. The van der Waals surface area contributed by atoms with Crippen molar-refractivity contribution in [1.82, 2.24) is 0 Å². The predicted octanol–water partition coefficient (Wildman–Crippen LogP) is 2.35. The highest BCUT2D eigenvalue weighted by atomic mass is 35.5. The number of carbonyl (C=O) groups is 1. The van der Waals surface area contributed by atoms with Gasteiger partial charge in [-0.2, -0.15) is 5.26 Å². The number of benzene rings is 1. The van der Waals surface area contributed by atoms with E-state index in [2.05, 4.69) is 0 Å². The molecule has 0 spiro atoms. The van der Waals surface area contributed by atoms with Gasteiger partial charge in [0, 0.05) is 13.3 Å². The summed E-state index contributed by atoms with van der Waals surface area (Å²) >= 11 is 6.09. The molecule has 1 fully saturated rings. The standard InChI is InChI=1S/C12H10ClNO2/c1-9(15)16-12(7-11(12,13)8-14)10-5-3-2-4-6-10/h2-6H,7H2,1H3. The first kappa shape index (κ1) is 11.0. The Morgan fingerprint density at radius 2 is 2.12 bits per heavy atom. The number of esters is 1. The maximum absolute atomic E-state index is 11.1. The molecule has 1 aromatic carbocycles. The molecular formula is C12H10ClNO2. The van der Waals surface area contributed by atoms with Gasteiger partial charge in [-0.15, -0.1) is 0 Å². The molecule has 82 valence electrons. The van der Waals surface area contributed by atoms with Crippen LogP contribution in [0, 0.1) is 11.3 Å². The van der Waals surface area contributed by atoms with Crippen molar-refractivity contribution in [2.24, 2.45) is 0 Å². The molecule has 0 radical (unpaired) electrons. The number of nitriles is 1. The molecule has 1 aliphatic carbocycles. The fourth-order valence-corrected chi connectivity index (χ4v) is 2.22. The van der Waals surface area contributed by atoms with Crippen LogP contribution >= 0.6 is 11.6 Å². The number of halogens is 1. The molecule has 4 heteroatoms. The largest absolute Gasteiger partial charge is 0.451 e. The summed E-state index contributed by atoms with van der Waals surface area (Å²) in [5.41, 5.74) is -0.210. The Hall–Kier alpha value is -1.53. The second-order valence-corrected chi connectivity index (χ2v) is 4.52. The Morgan fingerprint density at radius 3 is 2.56 bits per heavy atom. The van der Waals surface area contributed by atoms with Gasteiger partial charge in [-0.1, -0.05) is 41.9 Å². The molecule has 3 nitrogen and oxygen atoms in total. The third kappa shape index (κ3) is 1.46. The number of ether oxygens (including phenoxy) is 1. The quantitative estimate of drug-likeness (QED) is 0.584. The summed E-state index contributed by atoms with van der Waals surface area (Å²) in [5, 5.41) is 9.00. The molecule has 0 saturated heterocycles. The molecule has 2 unspecified atom stereocenters. The van der Waals surface area contributed by atoms with Crippen LogP contribution in [0.25, 0.3) is 0 Å². The first-order chi connectivity index (χ1) is 7.54. The van der Waals surface area contributed by atoms with Crippen LogP contribution in [0.5, 0.6) is 0 Å². The van der Waals surface area contributed by atoms with E-state index in [0.29, 0.717) is 6.42 Å². The minimum Gasteiger partial charge on any atom is -0.451 e. The lowest BCUT2D eigenvalue weighted by Crippen LogP contribution is -2.24. The highest BCUT2D eigenvalue weighted by Gasteiger charge is 2.72. The zero-order chi connectivity index (χ0) is 11.8. The molecule has 1 aliphatic rings. The summed E-state index contributed by atoms with van der Waals surface area (Å²) < 4.78 is 5.25. The number of alkyl halides is 1. The van der Waals surface area contributed by atoms with E-state index in [0.717, 1.165) is 5.56 Å². The molecule has 0 aromatic heterocycles. The van der Waals surface area contributed by atoms with Gasteiger partial charge in [0.1, 0.15) is 0 Å². The van der Waals surface area contributed by atoms with Crippen LogP contribution in [-0.4, -0.2) is 10.8 Å². The Labute approximate surface area is 98.6 Å². The molecule has 1 aromatic rings. The molecule has 1 saturated carbocycles. The van der Waals surface area contributed by atoms with Crippen molar-refractivity contribution >= 4 is 17.6 Å². The normalized spacial score (nSPS) is 31.6. The van der Waals surface area contributed by atoms with E-state index in [-0.39, 0.29) is 0 Å². The minimum absolute atomic E-state index is 0.335. The van der Waals surface area contributed by atoms with Crippen molar-refractivity contribution in [3.8, 4) is 6.07 Å². The molecule has 2 atom stereocenters. The van der Waals surface area contributed by atoms with Crippen molar-refractivity contribution in [2.75, 3.05) is 0 Å². The van der Waals surface area contributed by atoms with Crippen molar-refractivity contribution in [3.05, 3.63) is 35.9 Å². The lowest BCUT2D eigenvalue weighted by atomic mass is 10.1. The fourth-order valence-electron chi connectivity index (χ4n) is 1.89. The molecule has 16 heavy (non-hydrogen) atoms. The topological polar surface area (TPSA) is 50.1 Å². The van der Waals surface area contributed by atoms with Crippen LogP contribution in [0.3, 0.4) is 0 Å². The lowest BCUT2D eigenvalue weighted by Gasteiger charge is -2.18. The van der Waals surface area contributed by atoms with E-state index in [4.69, 9.17) is 21.6 Å². The maximum atomic E-state index is 11.1. The maximum Gasteiger partial charge on any atom is 0.303 e. The van der Waals surface area contributed by atoms with E-state index >= 15 is 0 Å². The van der Waals surface area contributed by atoms with Crippen LogP contribution in [-0.2, 0) is 15.1 Å². The molecule has 0 heterocycles. The van der Waals surface area contributed by atoms with Crippen molar-refractivity contribution < 1.29 is 9.53 Å². The molecule has 2 rings (SSSR count). The predicted molar refractivity (Wildman–Crippen MR) is 58.7 cm³/mol. The van der Waals surface area contributed by atoms with Gasteiger partial charge in [0.25, 0.3) is 0 Å². The first-order valence-corrected chi connectivity index (χ1v) is 5.27. The number of rotatable bonds is 2. The number of hydrogen-bond donors (Lipinski definition) is 0. The number of carbonyl (C=O) groups excluding carboxylic acids is 1. The lowest BCUT2D eigenvalue weighted by molar-refractivity contribution is -0.149. The second-order valence-electron chi connectivity index (χ2n) is 3.88. The Balaban J connectivity index is 2.40. The Kier molecular flexibility index (Phi) is 2.40. The minimum atomic E-state index is -1.12. The summed E-state index contributed by atoms with van der Waals surface area (Å²) in [7, 11) is 0. The molecule has 0 N–H and O–H groups in total. The van der Waals surface area contributed by atoms with Gasteiger partial charge < -0.3 is 4.74 Å². The summed E-state index contributed by atoms with van der Waals surface area (Å²) in [6, 6.07) is 11.1. The van der Waals surface area contributed by atoms with Crippen molar-refractivity contribution in [1.29, 1.82) is 5.26 Å². The smallest absolute Gasteiger partial charge is 0.303 e. The molecular weight excluding hydrogens is 226 g/mol. The van der Waals surface area contributed by atoms with E-state index in [9.17, 15) is 4.79 Å². The highest BCUT2D eigenvalue weighted by molar-refractivity contribution is 6.29. The van der Waals surface area contributed by atoms with E-state index in [1.807, 2.05) is 36.4 Å². The third-order valence-corrected chi connectivity index (χ3v) is 3.27. The summed E-state index contributed by atoms with van der Waals surface area (Å²) in [6.45, 7) is 1.32. The Morgan fingerprint density at radius 1 is 1.50 bits per heavy atom. The molecule has 0 amide bonds. The van der Waals surface area contributed by atoms with Gasteiger partial charge >= 0.3 is 5.97 Å². The highest BCUT2D eigenvalue weighted by Crippen LogP contribution is 2.62. The second kappa shape index (κ2) is 3.50. The zero-order valence-electron chi connectivity index (χ0n) is 8.74.